The summed E-state index contributed by atoms with van der Waals surface area (Å²) < 4.78 is 0. The van der Waals surface area contributed by atoms with Gasteiger partial charge in [-0.2, -0.15) is 0 Å². The number of aryl methyl sites for hydroxylation is 1. The van der Waals surface area contributed by atoms with Crippen LogP contribution in [0.4, 0.5) is 5.95 Å². The summed E-state index contributed by atoms with van der Waals surface area (Å²) in [6.45, 7) is 4.86. The van der Waals surface area contributed by atoms with E-state index in [2.05, 4.69) is 21.8 Å². The fourth-order valence-electron chi connectivity index (χ4n) is 2.36. The molecule has 1 fully saturated rings. The van der Waals surface area contributed by atoms with Crippen molar-refractivity contribution in [3.8, 4) is 0 Å². The fourth-order valence-corrected chi connectivity index (χ4v) is 2.36. The molecule has 5 heteroatoms. The Balaban J connectivity index is 2.33. The molecule has 1 aliphatic rings. The molecule has 0 spiro atoms. The Hall–Kier alpha value is -1.65. The van der Waals surface area contributed by atoms with Gasteiger partial charge in [-0.25, -0.2) is 14.8 Å². The van der Waals surface area contributed by atoms with Gasteiger partial charge in [0, 0.05) is 18.3 Å². The number of aromatic nitrogens is 2. The Morgan fingerprint density at radius 1 is 1.39 bits per heavy atom. The molecule has 1 aliphatic heterocycles. The van der Waals surface area contributed by atoms with Crippen LogP contribution in [0.1, 0.15) is 48.8 Å². The van der Waals surface area contributed by atoms with E-state index in [4.69, 9.17) is 5.11 Å². The van der Waals surface area contributed by atoms with E-state index in [0.717, 1.165) is 19.4 Å². The Morgan fingerprint density at radius 3 is 2.89 bits per heavy atom. The van der Waals surface area contributed by atoms with Crippen molar-refractivity contribution in [2.75, 3.05) is 11.4 Å². The number of hydrogen-bond donors (Lipinski definition) is 1. The van der Waals surface area contributed by atoms with Gasteiger partial charge in [-0.15, -0.1) is 0 Å². The molecule has 1 aromatic heterocycles. The predicted octanol–water partition coefficient (Wildman–Crippen LogP) is 2.25. The molecule has 0 aliphatic carbocycles. The molecule has 1 atom stereocenters. The molecule has 98 valence electrons. The second-order valence-electron chi connectivity index (χ2n) is 4.89. The smallest absolute Gasteiger partial charge is 0.354 e. The standard InChI is InChI=1S/C13H19N3O2/c1-9-8-11(12(17)18)15-13(14-9)16-7-5-3-4-6-10(16)2/h8,10H,3-7H2,1-2H3,(H,17,18). The van der Waals surface area contributed by atoms with Gasteiger partial charge in [0.25, 0.3) is 0 Å². The highest BCUT2D eigenvalue weighted by atomic mass is 16.4. The van der Waals surface area contributed by atoms with E-state index < -0.39 is 5.97 Å². The molecule has 2 heterocycles. The third-order valence-electron chi connectivity index (χ3n) is 3.37. The number of aromatic carboxylic acids is 1. The van der Waals surface area contributed by atoms with E-state index in [0.29, 0.717) is 17.7 Å². The lowest BCUT2D eigenvalue weighted by molar-refractivity contribution is 0.0690. The van der Waals surface area contributed by atoms with Crippen LogP contribution in [0.25, 0.3) is 0 Å². The van der Waals surface area contributed by atoms with Crippen molar-refractivity contribution in [1.82, 2.24) is 9.97 Å². The molecule has 5 nitrogen and oxygen atoms in total. The highest BCUT2D eigenvalue weighted by Crippen LogP contribution is 2.21. The van der Waals surface area contributed by atoms with Crippen LogP contribution in [0.15, 0.2) is 6.07 Å². The minimum Gasteiger partial charge on any atom is -0.477 e. The van der Waals surface area contributed by atoms with Crippen molar-refractivity contribution in [2.24, 2.45) is 0 Å². The van der Waals surface area contributed by atoms with E-state index in [9.17, 15) is 4.79 Å². The molecule has 0 saturated carbocycles. The van der Waals surface area contributed by atoms with E-state index in [1.54, 1.807) is 6.92 Å². The zero-order valence-corrected chi connectivity index (χ0v) is 10.9. The van der Waals surface area contributed by atoms with Gasteiger partial charge in [-0.3, -0.25) is 0 Å². The maximum Gasteiger partial charge on any atom is 0.354 e. The SMILES string of the molecule is Cc1cc(C(=O)O)nc(N2CCCCCC2C)n1. The van der Waals surface area contributed by atoms with Gasteiger partial charge in [0.05, 0.1) is 0 Å². The summed E-state index contributed by atoms with van der Waals surface area (Å²) in [5.41, 5.74) is 0.780. The number of carbonyl (C=O) groups is 1. The monoisotopic (exact) mass is 249 g/mol. The zero-order valence-electron chi connectivity index (χ0n) is 10.9. The second-order valence-corrected chi connectivity index (χ2v) is 4.89. The molecule has 0 aromatic carbocycles. The van der Waals surface area contributed by atoms with Crippen LogP contribution in [0.5, 0.6) is 0 Å². The van der Waals surface area contributed by atoms with Crippen LogP contribution in [-0.2, 0) is 0 Å². The molecule has 1 N–H and O–H groups in total. The zero-order chi connectivity index (χ0) is 13.1. The Kier molecular flexibility index (Phi) is 3.79. The largest absolute Gasteiger partial charge is 0.477 e. The Labute approximate surface area is 107 Å². The number of carboxylic acids is 1. The molecule has 1 aromatic rings. The van der Waals surface area contributed by atoms with Crippen molar-refractivity contribution in [2.45, 2.75) is 45.6 Å². The van der Waals surface area contributed by atoms with Crippen LogP contribution in [0, 0.1) is 6.92 Å². The third kappa shape index (κ3) is 2.78. The first-order valence-electron chi connectivity index (χ1n) is 6.43. The maximum absolute atomic E-state index is 11.0. The highest BCUT2D eigenvalue weighted by Gasteiger charge is 2.21. The van der Waals surface area contributed by atoms with Gasteiger partial charge in [0.1, 0.15) is 0 Å². The first-order valence-corrected chi connectivity index (χ1v) is 6.43. The molecule has 0 amide bonds. The van der Waals surface area contributed by atoms with Gasteiger partial charge in [-0.05, 0) is 32.8 Å². The average Bonchev–Trinajstić information content (AvgIpc) is 2.53. The summed E-state index contributed by atoms with van der Waals surface area (Å²) in [6, 6.07) is 1.88. The van der Waals surface area contributed by atoms with Crippen molar-refractivity contribution < 1.29 is 9.90 Å². The van der Waals surface area contributed by atoms with Gasteiger partial charge in [0.15, 0.2) is 5.69 Å². The van der Waals surface area contributed by atoms with E-state index in [-0.39, 0.29) is 5.69 Å². The normalized spacial score (nSPS) is 20.6. The molecule has 0 bridgehead atoms. The quantitative estimate of drug-likeness (QED) is 0.870. The molecular weight excluding hydrogens is 230 g/mol. The number of carboxylic acid groups (broad SMARTS) is 1. The van der Waals surface area contributed by atoms with Crippen molar-refractivity contribution in [1.29, 1.82) is 0 Å². The molecular formula is C13H19N3O2. The first kappa shape index (κ1) is 12.8. The summed E-state index contributed by atoms with van der Waals surface area (Å²) in [5.74, 6) is -0.439. The van der Waals surface area contributed by atoms with Gasteiger partial charge >= 0.3 is 5.97 Å². The lowest BCUT2D eigenvalue weighted by Crippen LogP contribution is -2.34. The summed E-state index contributed by atoms with van der Waals surface area (Å²) in [6.07, 6.45) is 4.66. The minimum atomic E-state index is -0.996. The highest BCUT2D eigenvalue weighted by molar-refractivity contribution is 5.85. The second kappa shape index (κ2) is 5.33. The van der Waals surface area contributed by atoms with Crippen molar-refractivity contribution >= 4 is 11.9 Å². The molecule has 0 radical (unpaired) electrons. The van der Waals surface area contributed by atoms with Crippen molar-refractivity contribution in [3.63, 3.8) is 0 Å². The fraction of sp³-hybridized carbons (Fsp3) is 0.615. The van der Waals surface area contributed by atoms with Crippen LogP contribution in [0.3, 0.4) is 0 Å². The number of rotatable bonds is 2. The maximum atomic E-state index is 11.0. The first-order chi connectivity index (χ1) is 8.58. The molecule has 1 saturated heterocycles. The molecule has 2 rings (SSSR count). The summed E-state index contributed by atoms with van der Waals surface area (Å²) >= 11 is 0. The molecule has 1 unspecified atom stereocenters. The van der Waals surface area contributed by atoms with Gasteiger partial charge in [0.2, 0.25) is 5.95 Å². The summed E-state index contributed by atoms with van der Waals surface area (Å²) in [7, 11) is 0. The summed E-state index contributed by atoms with van der Waals surface area (Å²) in [5, 5.41) is 9.04. The number of anilines is 1. The van der Waals surface area contributed by atoms with E-state index >= 15 is 0 Å². The lowest BCUT2D eigenvalue weighted by Gasteiger charge is -2.27. The van der Waals surface area contributed by atoms with Crippen LogP contribution in [0.2, 0.25) is 0 Å². The number of nitrogens with zero attached hydrogens (tertiary/aromatic N) is 3. The van der Waals surface area contributed by atoms with Crippen LogP contribution >= 0.6 is 0 Å². The topological polar surface area (TPSA) is 66.3 Å². The van der Waals surface area contributed by atoms with Gasteiger partial charge in [-0.1, -0.05) is 12.8 Å². The van der Waals surface area contributed by atoms with Crippen molar-refractivity contribution in [3.05, 3.63) is 17.5 Å². The van der Waals surface area contributed by atoms with Gasteiger partial charge < -0.3 is 10.0 Å². The molecule has 18 heavy (non-hydrogen) atoms. The Morgan fingerprint density at radius 2 is 2.17 bits per heavy atom. The van der Waals surface area contributed by atoms with E-state index in [1.165, 1.54) is 18.9 Å². The average molecular weight is 249 g/mol. The minimum absolute atomic E-state index is 0.0777. The predicted molar refractivity (Wildman–Crippen MR) is 69.0 cm³/mol. The third-order valence-corrected chi connectivity index (χ3v) is 3.37. The van der Waals surface area contributed by atoms with Crippen LogP contribution < -0.4 is 4.90 Å². The van der Waals surface area contributed by atoms with E-state index in [1.807, 2.05) is 0 Å². The lowest BCUT2D eigenvalue weighted by atomic mass is 10.1. The van der Waals surface area contributed by atoms with Crippen LogP contribution in [-0.4, -0.2) is 33.6 Å². The number of hydrogen-bond acceptors (Lipinski definition) is 4. The summed E-state index contributed by atoms with van der Waals surface area (Å²) in [4.78, 5) is 21.7. The Bertz CT molecular complexity index is 448.